The summed E-state index contributed by atoms with van der Waals surface area (Å²) in [6.07, 6.45) is -0.204. The van der Waals surface area contributed by atoms with Crippen molar-refractivity contribution in [2.75, 3.05) is 6.54 Å². The molecule has 0 aromatic carbocycles. The van der Waals surface area contributed by atoms with E-state index in [0.29, 0.717) is 0 Å². The third-order valence-electron chi connectivity index (χ3n) is 3.22. The number of nitrogens with two attached hydrogens (primary N) is 1. The van der Waals surface area contributed by atoms with Crippen molar-refractivity contribution in [2.45, 2.75) is 44.9 Å². The predicted octanol–water partition coefficient (Wildman–Crippen LogP) is 0.822. The van der Waals surface area contributed by atoms with Crippen LogP contribution in [-0.4, -0.2) is 35.6 Å². The molecule has 0 saturated carbocycles. The van der Waals surface area contributed by atoms with E-state index in [2.05, 4.69) is 0 Å². The van der Waals surface area contributed by atoms with Crippen LogP contribution in [0.5, 0.6) is 0 Å². The second-order valence-corrected chi connectivity index (χ2v) is 4.38. The van der Waals surface area contributed by atoms with Crippen LogP contribution >= 0.6 is 0 Å². The number of amides is 1. The number of hydrogen-bond acceptors (Lipinski definition) is 3. The van der Waals surface area contributed by atoms with Crippen molar-refractivity contribution >= 4 is 5.91 Å². The van der Waals surface area contributed by atoms with Crippen molar-refractivity contribution in [2.24, 2.45) is 11.7 Å². The van der Waals surface area contributed by atoms with E-state index in [1.54, 1.807) is 0 Å². The highest BCUT2D eigenvalue weighted by molar-refractivity contribution is 5.83. The zero-order chi connectivity index (χ0) is 12.3. The van der Waals surface area contributed by atoms with Crippen LogP contribution in [0.4, 0.5) is 4.39 Å². The van der Waals surface area contributed by atoms with Crippen molar-refractivity contribution < 1.29 is 9.18 Å². The number of halogens is 1. The van der Waals surface area contributed by atoms with Gasteiger partial charge in [-0.2, -0.15) is 5.26 Å². The topological polar surface area (TPSA) is 70.1 Å². The van der Waals surface area contributed by atoms with Gasteiger partial charge in [0.1, 0.15) is 12.2 Å². The lowest BCUT2D eigenvalue weighted by molar-refractivity contribution is -0.133. The molecule has 0 aromatic heterocycles. The molecule has 0 radical (unpaired) electrons. The molecule has 1 rings (SSSR count). The molecule has 1 aliphatic heterocycles. The molecule has 5 heteroatoms. The molecule has 1 heterocycles. The van der Waals surface area contributed by atoms with E-state index in [1.165, 1.54) is 4.90 Å². The summed E-state index contributed by atoms with van der Waals surface area (Å²) in [6.45, 7) is 3.83. The highest BCUT2D eigenvalue weighted by atomic mass is 19.1. The van der Waals surface area contributed by atoms with Crippen LogP contribution in [0.1, 0.15) is 26.7 Å². The average Bonchev–Trinajstić information content (AvgIpc) is 2.67. The monoisotopic (exact) mass is 227 g/mol. The SMILES string of the molecule is CC[C@@H](C)[C@H](N)C(=O)N1C[C@H](F)C[C@H]1C#N. The summed E-state index contributed by atoms with van der Waals surface area (Å²) in [5, 5.41) is 8.83. The highest BCUT2D eigenvalue weighted by Gasteiger charge is 2.38. The lowest BCUT2D eigenvalue weighted by Gasteiger charge is -2.25. The van der Waals surface area contributed by atoms with Gasteiger partial charge >= 0.3 is 0 Å². The van der Waals surface area contributed by atoms with E-state index >= 15 is 0 Å². The predicted molar refractivity (Wildman–Crippen MR) is 58.1 cm³/mol. The Bertz CT molecular complexity index is 302. The van der Waals surface area contributed by atoms with Gasteiger partial charge < -0.3 is 10.6 Å². The maximum atomic E-state index is 13.1. The van der Waals surface area contributed by atoms with Gasteiger partial charge in [-0.3, -0.25) is 4.79 Å². The molecular formula is C11H18FN3O. The molecule has 0 unspecified atom stereocenters. The Labute approximate surface area is 95.2 Å². The van der Waals surface area contributed by atoms with Crippen molar-refractivity contribution in [1.29, 1.82) is 5.26 Å². The molecule has 0 aromatic rings. The average molecular weight is 227 g/mol. The van der Waals surface area contributed by atoms with Gasteiger partial charge in [0, 0.05) is 6.42 Å². The third kappa shape index (κ3) is 2.50. The lowest BCUT2D eigenvalue weighted by Crippen LogP contribution is -2.48. The Morgan fingerprint density at radius 2 is 2.38 bits per heavy atom. The summed E-state index contributed by atoms with van der Waals surface area (Å²) in [4.78, 5) is 13.2. The van der Waals surface area contributed by atoms with E-state index in [1.807, 2.05) is 19.9 Å². The van der Waals surface area contributed by atoms with Crippen LogP contribution < -0.4 is 5.73 Å². The summed E-state index contributed by atoms with van der Waals surface area (Å²) in [6, 6.07) is 0.658. The molecule has 1 saturated heterocycles. The van der Waals surface area contributed by atoms with Gasteiger partial charge in [-0.05, 0) is 5.92 Å². The number of rotatable bonds is 3. The first-order chi connectivity index (χ1) is 7.51. The van der Waals surface area contributed by atoms with Crippen LogP contribution in [-0.2, 0) is 4.79 Å². The Hall–Kier alpha value is -1.15. The summed E-state index contributed by atoms with van der Waals surface area (Å²) in [5.41, 5.74) is 5.79. The molecule has 4 nitrogen and oxygen atoms in total. The Morgan fingerprint density at radius 3 is 2.88 bits per heavy atom. The molecule has 2 N–H and O–H groups in total. The lowest BCUT2D eigenvalue weighted by atomic mass is 9.99. The van der Waals surface area contributed by atoms with Gasteiger partial charge in [0.05, 0.1) is 18.7 Å². The maximum Gasteiger partial charge on any atom is 0.240 e. The highest BCUT2D eigenvalue weighted by Crippen LogP contribution is 2.22. The quantitative estimate of drug-likeness (QED) is 0.776. The third-order valence-corrected chi connectivity index (χ3v) is 3.22. The minimum atomic E-state index is -1.10. The summed E-state index contributed by atoms with van der Waals surface area (Å²) < 4.78 is 13.1. The number of carbonyl (C=O) groups is 1. The molecule has 4 atom stereocenters. The molecule has 0 aliphatic carbocycles. The van der Waals surface area contributed by atoms with Crippen LogP contribution in [0.3, 0.4) is 0 Å². The van der Waals surface area contributed by atoms with Crippen molar-refractivity contribution in [1.82, 2.24) is 4.90 Å². The van der Waals surface area contributed by atoms with Gasteiger partial charge in [0.2, 0.25) is 5.91 Å². The standard InChI is InChI=1S/C11H18FN3O/c1-3-7(2)10(14)11(16)15-6-8(12)4-9(15)5-13/h7-10H,3-4,6,14H2,1-2H3/t7-,8-,9+,10+/m1/s1. The molecule has 1 fully saturated rings. The van der Waals surface area contributed by atoms with Crippen molar-refractivity contribution in [3.8, 4) is 6.07 Å². The number of nitriles is 1. The second kappa shape index (κ2) is 5.26. The fourth-order valence-corrected chi connectivity index (χ4v) is 1.84. The van der Waals surface area contributed by atoms with Crippen LogP contribution in [0.25, 0.3) is 0 Å². The minimum absolute atomic E-state index is 0.00118. The van der Waals surface area contributed by atoms with Crippen molar-refractivity contribution in [3.63, 3.8) is 0 Å². The zero-order valence-corrected chi connectivity index (χ0v) is 9.69. The summed E-state index contributed by atoms with van der Waals surface area (Å²) in [7, 11) is 0. The first-order valence-electron chi connectivity index (χ1n) is 5.61. The van der Waals surface area contributed by atoms with Gasteiger partial charge in [-0.15, -0.1) is 0 Å². The molecule has 1 amide bonds. The van der Waals surface area contributed by atoms with Crippen molar-refractivity contribution in [3.05, 3.63) is 0 Å². The maximum absolute atomic E-state index is 13.1. The first kappa shape index (κ1) is 12.9. The number of nitrogens with zero attached hydrogens (tertiary/aromatic N) is 2. The number of likely N-dealkylation sites (tertiary alicyclic amines) is 1. The van der Waals surface area contributed by atoms with Gasteiger partial charge in [0.15, 0.2) is 0 Å². The number of carbonyl (C=O) groups excluding carboxylic acids is 1. The fraction of sp³-hybridized carbons (Fsp3) is 0.818. The van der Waals surface area contributed by atoms with Gasteiger partial charge in [-0.1, -0.05) is 20.3 Å². The van der Waals surface area contributed by atoms with Gasteiger partial charge in [-0.25, -0.2) is 4.39 Å². The van der Waals surface area contributed by atoms with E-state index in [9.17, 15) is 9.18 Å². The van der Waals surface area contributed by atoms with Crippen LogP contribution in [0, 0.1) is 17.2 Å². The van der Waals surface area contributed by atoms with Crippen LogP contribution in [0.2, 0.25) is 0 Å². The van der Waals surface area contributed by atoms with E-state index in [4.69, 9.17) is 11.0 Å². The van der Waals surface area contributed by atoms with Crippen LogP contribution in [0.15, 0.2) is 0 Å². The molecule has 16 heavy (non-hydrogen) atoms. The summed E-state index contributed by atoms with van der Waals surface area (Å²) >= 11 is 0. The second-order valence-electron chi connectivity index (χ2n) is 4.38. The Kier molecular flexibility index (Phi) is 4.25. The number of alkyl halides is 1. The smallest absolute Gasteiger partial charge is 0.240 e. The fourth-order valence-electron chi connectivity index (χ4n) is 1.84. The molecule has 90 valence electrons. The Balaban J connectivity index is 2.70. The zero-order valence-electron chi connectivity index (χ0n) is 9.69. The van der Waals surface area contributed by atoms with Gasteiger partial charge in [0.25, 0.3) is 0 Å². The summed E-state index contributed by atoms with van der Waals surface area (Å²) in [5.74, 6) is -0.258. The normalized spacial score (nSPS) is 28.6. The van der Waals surface area contributed by atoms with E-state index in [-0.39, 0.29) is 24.8 Å². The largest absolute Gasteiger partial charge is 0.322 e. The Morgan fingerprint density at radius 1 is 1.75 bits per heavy atom. The van der Waals surface area contributed by atoms with E-state index < -0.39 is 18.3 Å². The molecule has 1 aliphatic rings. The molecule has 0 spiro atoms. The first-order valence-corrected chi connectivity index (χ1v) is 5.61. The minimum Gasteiger partial charge on any atom is -0.322 e. The van der Waals surface area contributed by atoms with E-state index in [0.717, 1.165) is 6.42 Å². The molecule has 0 bridgehead atoms. The number of hydrogen-bond donors (Lipinski definition) is 1. The molecular weight excluding hydrogens is 209 g/mol.